The molecule has 1 heterocycles. The van der Waals surface area contributed by atoms with E-state index in [1.54, 1.807) is 7.05 Å². The minimum Gasteiger partial charge on any atom is -0.469 e. The van der Waals surface area contributed by atoms with E-state index in [0.717, 1.165) is 0 Å². The van der Waals surface area contributed by atoms with Crippen LogP contribution >= 0.6 is 0 Å². The molecule has 1 saturated heterocycles. The molecule has 0 spiro atoms. The van der Waals surface area contributed by atoms with E-state index in [2.05, 4.69) is 4.74 Å². The number of rotatable bonds is 5. The first-order chi connectivity index (χ1) is 8.78. The van der Waals surface area contributed by atoms with Crippen LogP contribution in [0.5, 0.6) is 0 Å². The molecule has 0 aromatic heterocycles. The van der Waals surface area contributed by atoms with Crippen molar-refractivity contribution >= 4 is 16.2 Å². The SMILES string of the molecule is COC(=O)CC1CN(S(=O)(=O)N(C)C(C)C)CCO1. The van der Waals surface area contributed by atoms with Gasteiger partial charge in [0.1, 0.15) is 0 Å². The van der Waals surface area contributed by atoms with E-state index in [-0.39, 0.29) is 25.6 Å². The summed E-state index contributed by atoms with van der Waals surface area (Å²) in [5.74, 6) is -0.401. The number of esters is 1. The first kappa shape index (κ1) is 16.4. The molecule has 0 amide bonds. The molecule has 7 nitrogen and oxygen atoms in total. The molecule has 0 aliphatic carbocycles. The van der Waals surface area contributed by atoms with Crippen molar-refractivity contribution in [3.8, 4) is 0 Å². The van der Waals surface area contributed by atoms with Crippen molar-refractivity contribution in [2.45, 2.75) is 32.4 Å². The van der Waals surface area contributed by atoms with E-state index in [1.165, 1.54) is 15.7 Å². The van der Waals surface area contributed by atoms with E-state index in [0.29, 0.717) is 6.54 Å². The maximum absolute atomic E-state index is 12.3. The second kappa shape index (κ2) is 6.65. The van der Waals surface area contributed by atoms with Gasteiger partial charge in [-0.1, -0.05) is 0 Å². The molecule has 1 atom stereocenters. The van der Waals surface area contributed by atoms with Crippen molar-refractivity contribution < 1.29 is 22.7 Å². The Morgan fingerprint density at radius 2 is 2.16 bits per heavy atom. The Hall–Kier alpha value is -0.700. The van der Waals surface area contributed by atoms with Crippen LogP contribution in [0.25, 0.3) is 0 Å². The van der Waals surface area contributed by atoms with Crippen molar-refractivity contribution in [2.24, 2.45) is 0 Å². The quantitative estimate of drug-likeness (QED) is 0.658. The molecular formula is C11H22N2O5S. The monoisotopic (exact) mass is 294 g/mol. The van der Waals surface area contributed by atoms with Crippen LogP contribution in [0.4, 0.5) is 0 Å². The van der Waals surface area contributed by atoms with Gasteiger partial charge in [-0.25, -0.2) is 0 Å². The van der Waals surface area contributed by atoms with Gasteiger partial charge in [-0.2, -0.15) is 17.0 Å². The Kier molecular flexibility index (Phi) is 5.72. The zero-order valence-electron chi connectivity index (χ0n) is 11.8. The fourth-order valence-electron chi connectivity index (χ4n) is 1.74. The van der Waals surface area contributed by atoms with Crippen LogP contribution in [-0.2, 0) is 24.5 Å². The fraction of sp³-hybridized carbons (Fsp3) is 0.909. The maximum Gasteiger partial charge on any atom is 0.308 e. The Labute approximate surface area is 114 Å². The van der Waals surface area contributed by atoms with Crippen LogP contribution in [0.1, 0.15) is 20.3 Å². The van der Waals surface area contributed by atoms with Gasteiger partial charge in [0.25, 0.3) is 10.2 Å². The fourth-order valence-corrected chi connectivity index (χ4v) is 3.30. The van der Waals surface area contributed by atoms with Crippen LogP contribution < -0.4 is 0 Å². The Balaban J connectivity index is 2.71. The highest BCUT2D eigenvalue weighted by molar-refractivity contribution is 7.86. The van der Waals surface area contributed by atoms with Crippen molar-refractivity contribution in [2.75, 3.05) is 33.9 Å². The van der Waals surface area contributed by atoms with E-state index < -0.39 is 22.3 Å². The number of carbonyl (C=O) groups excluding carboxylic acids is 1. The molecule has 0 aromatic carbocycles. The van der Waals surface area contributed by atoms with Crippen molar-refractivity contribution in [1.82, 2.24) is 8.61 Å². The number of hydrogen-bond acceptors (Lipinski definition) is 5. The molecular weight excluding hydrogens is 272 g/mol. The third-order valence-corrected chi connectivity index (χ3v) is 5.27. The maximum atomic E-state index is 12.3. The lowest BCUT2D eigenvalue weighted by Gasteiger charge is -2.35. The third kappa shape index (κ3) is 4.13. The molecule has 1 rings (SSSR count). The Morgan fingerprint density at radius 3 is 2.68 bits per heavy atom. The summed E-state index contributed by atoms with van der Waals surface area (Å²) >= 11 is 0. The molecule has 1 aliphatic rings. The molecule has 0 N–H and O–H groups in total. The molecule has 0 aromatic rings. The molecule has 0 radical (unpaired) electrons. The number of methoxy groups -OCH3 is 1. The van der Waals surface area contributed by atoms with E-state index >= 15 is 0 Å². The predicted octanol–water partition coefficient (Wildman–Crippen LogP) is -0.165. The van der Waals surface area contributed by atoms with Gasteiger partial charge in [0.15, 0.2) is 0 Å². The highest BCUT2D eigenvalue weighted by atomic mass is 32.2. The lowest BCUT2D eigenvalue weighted by molar-refractivity contribution is -0.145. The van der Waals surface area contributed by atoms with Crippen LogP contribution in [0.2, 0.25) is 0 Å². The van der Waals surface area contributed by atoms with Crippen molar-refractivity contribution in [1.29, 1.82) is 0 Å². The Morgan fingerprint density at radius 1 is 1.53 bits per heavy atom. The molecule has 1 unspecified atom stereocenters. The summed E-state index contributed by atoms with van der Waals surface area (Å²) < 4.78 is 37.2. The number of nitrogens with zero attached hydrogens (tertiary/aromatic N) is 2. The van der Waals surface area contributed by atoms with Crippen molar-refractivity contribution in [3.05, 3.63) is 0 Å². The van der Waals surface area contributed by atoms with Crippen molar-refractivity contribution in [3.63, 3.8) is 0 Å². The number of carbonyl (C=O) groups is 1. The van der Waals surface area contributed by atoms with Gasteiger partial charge in [-0.05, 0) is 13.8 Å². The first-order valence-electron chi connectivity index (χ1n) is 6.20. The van der Waals surface area contributed by atoms with Crippen LogP contribution in [0.3, 0.4) is 0 Å². The number of hydrogen-bond donors (Lipinski definition) is 0. The lowest BCUT2D eigenvalue weighted by Crippen LogP contribution is -2.52. The highest BCUT2D eigenvalue weighted by Gasteiger charge is 2.34. The summed E-state index contributed by atoms with van der Waals surface area (Å²) in [6.45, 7) is 4.38. The zero-order chi connectivity index (χ0) is 14.6. The summed E-state index contributed by atoms with van der Waals surface area (Å²) in [5.41, 5.74) is 0. The summed E-state index contributed by atoms with van der Waals surface area (Å²) in [6, 6.07) is -0.119. The van der Waals surface area contributed by atoms with Crippen LogP contribution in [0, 0.1) is 0 Å². The third-order valence-electron chi connectivity index (χ3n) is 3.14. The second-order valence-electron chi connectivity index (χ2n) is 4.75. The van der Waals surface area contributed by atoms with Gasteiger partial charge in [-0.15, -0.1) is 0 Å². The summed E-state index contributed by atoms with van der Waals surface area (Å²) in [4.78, 5) is 11.2. The van der Waals surface area contributed by atoms with Gasteiger partial charge < -0.3 is 9.47 Å². The number of morpholine rings is 1. The Bertz CT molecular complexity index is 409. The molecule has 112 valence electrons. The van der Waals surface area contributed by atoms with Gasteiger partial charge in [0.05, 0.1) is 26.2 Å². The smallest absolute Gasteiger partial charge is 0.308 e. The zero-order valence-corrected chi connectivity index (χ0v) is 12.6. The first-order valence-corrected chi connectivity index (χ1v) is 7.60. The van der Waals surface area contributed by atoms with E-state index in [1.807, 2.05) is 13.8 Å². The largest absolute Gasteiger partial charge is 0.469 e. The average molecular weight is 294 g/mol. The van der Waals surface area contributed by atoms with E-state index in [9.17, 15) is 13.2 Å². The topological polar surface area (TPSA) is 76.2 Å². The van der Waals surface area contributed by atoms with Gasteiger partial charge in [-0.3, -0.25) is 4.79 Å². The van der Waals surface area contributed by atoms with Crippen LogP contribution in [-0.4, -0.2) is 69.0 Å². The molecule has 19 heavy (non-hydrogen) atoms. The summed E-state index contributed by atoms with van der Waals surface area (Å²) in [5, 5.41) is 0. The predicted molar refractivity (Wildman–Crippen MR) is 69.8 cm³/mol. The molecule has 0 saturated carbocycles. The minimum absolute atomic E-state index is 0.0634. The molecule has 1 fully saturated rings. The summed E-state index contributed by atoms with van der Waals surface area (Å²) in [7, 11) is -0.658. The summed E-state index contributed by atoms with van der Waals surface area (Å²) in [6.07, 6.45) is -0.384. The van der Waals surface area contributed by atoms with E-state index in [4.69, 9.17) is 4.74 Å². The highest BCUT2D eigenvalue weighted by Crippen LogP contribution is 2.16. The normalized spacial score (nSPS) is 21.9. The minimum atomic E-state index is -3.50. The standard InChI is InChI=1S/C11H22N2O5S/c1-9(2)12(3)19(15,16)13-5-6-18-10(8-13)7-11(14)17-4/h9-10H,5-8H2,1-4H3. The van der Waals surface area contributed by atoms with Gasteiger partial charge >= 0.3 is 5.97 Å². The average Bonchev–Trinajstić information content (AvgIpc) is 2.37. The van der Waals surface area contributed by atoms with Gasteiger partial charge in [0.2, 0.25) is 0 Å². The number of ether oxygens (including phenoxy) is 2. The molecule has 8 heteroatoms. The lowest BCUT2D eigenvalue weighted by atomic mass is 10.2. The second-order valence-corrected chi connectivity index (χ2v) is 6.74. The molecule has 1 aliphatic heterocycles. The van der Waals surface area contributed by atoms with Crippen LogP contribution in [0.15, 0.2) is 0 Å². The molecule has 0 bridgehead atoms. The van der Waals surface area contributed by atoms with Gasteiger partial charge in [0, 0.05) is 26.2 Å².